The van der Waals surface area contributed by atoms with E-state index in [1.165, 1.54) is 6.07 Å². The van der Waals surface area contributed by atoms with Gasteiger partial charge in [0.15, 0.2) is 0 Å². The van der Waals surface area contributed by atoms with Crippen molar-refractivity contribution in [1.29, 1.82) is 0 Å². The fraction of sp³-hybridized carbons (Fsp3) is 0.385. The number of imide groups is 1. The van der Waals surface area contributed by atoms with E-state index in [1.807, 2.05) is 37.3 Å². The van der Waals surface area contributed by atoms with Crippen LogP contribution in [0.5, 0.6) is 0 Å². The molecule has 8 heteroatoms. The number of carbonyl (C=O) groups excluding carboxylic acids is 4. The lowest BCUT2D eigenvalue weighted by atomic mass is 9.94. The summed E-state index contributed by atoms with van der Waals surface area (Å²) in [5, 5.41) is 0. The third-order valence-corrected chi connectivity index (χ3v) is 7.25. The normalized spacial score (nSPS) is 22.0. The number of amides is 4. The van der Waals surface area contributed by atoms with Gasteiger partial charge >= 0.3 is 6.09 Å². The summed E-state index contributed by atoms with van der Waals surface area (Å²) in [4.78, 5) is 53.9. The molecule has 5 rings (SSSR count). The summed E-state index contributed by atoms with van der Waals surface area (Å²) in [5.41, 5.74) is 6.55. The van der Waals surface area contributed by atoms with Crippen molar-refractivity contribution in [2.75, 3.05) is 6.54 Å². The van der Waals surface area contributed by atoms with E-state index in [9.17, 15) is 19.2 Å². The van der Waals surface area contributed by atoms with Crippen molar-refractivity contribution >= 4 is 23.8 Å². The van der Waals surface area contributed by atoms with Crippen LogP contribution >= 0.6 is 0 Å². The zero-order valence-electron chi connectivity index (χ0n) is 19.0. The monoisotopic (exact) mass is 461 g/mol. The Balaban J connectivity index is 1.37. The molecule has 1 unspecified atom stereocenters. The maximum atomic E-state index is 13.5. The molecule has 1 aliphatic heterocycles. The van der Waals surface area contributed by atoms with Gasteiger partial charge in [-0.3, -0.25) is 14.4 Å². The van der Waals surface area contributed by atoms with Crippen molar-refractivity contribution in [2.24, 2.45) is 11.7 Å². The van der Waals surface area contributed by atoms with Crippen LogP contribution in [0.3, 0.4) is 0 Å². The Hall–Kier alpha value is -3.68. The van der Waals surface area contributed by atoms with Gasteiger partial charge in [-0.25, -0.2) is 9.69 Å². The summed E-state index contributed by atoms with van der Waals surface area (Å²) < 4.78 is 5.63. The third kappa shape index (κ3) is 3.73. The predicted octanol–water partition coefficient (Wildman–Crippen LogP) is 2.73. The molecule has 2 aliphatic carbocycles. The van der Waals surface area contributed by atoms with Crippen LogP contribution in [0, 0.1) is 5.92 Å². The van der Waals surface area contributed by atoms with Crippen LogP contribution in [-0.2, 0) is 32.9 Å². The van der Waals surface area contributed by atoms with E-state index < -0.39 is 23.5 Å². The largest absolute Gasteiger partial charge is 0.427 e. The van der Waals surface area contributed by atoms with Crippen LogP contribution < -0.4 is 5.73 Å². The number of hydrogen-bond donors (Lipinski definition) is 1. The Kier molecular flexibility index (Phi) is 5.38. The first-order valence-electron chi connectivity index (χ1n) is 11.6. The molecule has 176 valence electrons. The van der Waals surface area contributed by atoms with Crippen LogP contribution in [0.2, 0.25) is 0 Å². The highest BCUT2D eigenvalue weighted by Gasteiger charge is 2.58. The van der Waals surface area contributed by atoms with Crippen LogP contribution in [0.4, 0.5) is 4.79 Å². The molecule has 0 aromatic heterocycles. The second-order valence-corrected chi connectivity index (χ2v) is 9.41. The average Bonchev–Trinajstić information content (AvgIpc) is 3.58. The quantitative estimate of drug-likeness (QED) is 0.682. The smallest absolute Gasteiger partial charge is 0.418 e. The summed E-state index contributed by atoms with van der Waals surface area (Å²) in [7, 11) is 0. The van der Waals surface area contributed by atoms with Gasteiger partial charge in [-0.05, 0) is 55.4 Å². The van der Waals surface area contributed by atoms with E-state index in [4.69, 9.17) is 10.5 Å². The summed E-state index contributed by atoms with van der Waals surface area (Å²) in [6.07, 6.45) is 2.06. The predicted molar refractivity (Wildman–Crippen MR) is 122 cm³/mol. The fourth-order valence-corrected chi connectivity index (χ4v) is 5.10. The standard InChI is InChI=1S/C26H27N3O5/c1-16(18-7-8-18)28(14-17-5-3-2-4-6-17)22(30)15-29-24(32)26(34-25(29)33)12-11-19-13-20(23(27)31)9-10-21(19)26/h2-6,9-10,13,16,18H,7-8,11-12,14-15H2,1H3,(H2,27,31)/t16?,26-/m0/s1. The lowest BCUT2D eigenvalue weighted by Gasteiger charge is -2.30. The van der Waals surface area contributed by atoms with Gasteiger partial charge < -0.3 is 15.4 Å². The fourth-order valence-electron chi connectivity index (χ4n) is 5.10. The van der Waals surface area contributed by atoms with E-state index >= 15 is 0 Å². The van der Waals surface area contributed by atoms with Crippen LogP contribution in [0.25, 0.3) is 0 Å². The molecule has 0 radical (unpaired) electrons. The molecule has 2 aromatic carbocycles. The molecule has 2 N–H and O–H groups in total. The summed E-state index contributed by atoms with van der Waals surface area (Å²) in [6, 6.07) is 14.5. The van der Waals surface area contributed by atoms with Gasteiger partial charge in [0, 0.05) is 30.1 Å². The molecule has 1 saturated carbocycles. The van der Waals surface area contributed by atoms with Gasteiger partial charge in [0.2, 0.25) is 17.4 Å². The third-order valence-electron chi connectivity index (χ3n) is 7.25. The maximum absolute atomic E-state index is 13.5. The summed E-state index contributed by atoms with van der Waals surface area (Å²) in [5.74, 6) is -0.946. The Bertz CT molecular complexity index is 1180. The van der Waals surface area contributed by atoms with Crippen LogP contribution in [0.1, 0.15) is 53.2 Å². The number of benzene rings is 2. The van der Waals surface area contributed by atoms with Crippen molar-refractivity contribution in [1.82, 2.24) is 9.80 Å². The van der Waals surface area contributed by atoms with Gasteiger partial charge in [0.25, 0.3) is 5.91 Å². The number of carbonyl (C=O) groups is 4. The molecule has 4 amide bonds. The van der Waals surface area contributed by atoms with Gasteiger partial charge in [0.05, 0.1) is 0 Å². The number of nitrogens with zero attached hydrogens (tertiary/aromatic N) is 2. The molecule has 2 atom stereocenters. The molecule has 1 heterocycles. The molecule has 2 fully saturated rings. The van der Waals surface area contributed by atoms with Crippen molar-refractivity contribution in [3.05, 3.63) is 70.8 Å². The first kappa shape index (κ1) is 22.1. The molecule has 34 heavy (non-hydrogen) atoms. The SMILES string of the molecule is CC(C1CC1)N(Cc1ccccc1)C(=O)CN1C(=O)O[C@]2(CCc3cc(C(N)=O)ccc32)C1=O. The van der Waals surface area contributed by atoms with Crippen LogP contribution in [0.15, 0.2) is 48.5 Å². The van der Waals surface area contributed by atoms with Gasteiger partial charge in [-0.2, -0.15) is 0 Å². The summed E-state index contributed by atoms with van der Waals surface area (Å²) in [6.45, 7) is 2.07. The second kappa shape index (κ2) is 8.27. The van der Waals surface area contributed by atoms with Gasteiger partial charge in [-0.1, -0.05) is 36.4 Å². The van der Waals surface area contributed by atoms with Gasteiger partial charge in [0.1, 0.15) is 6.54 Å². The first-order chi connectivity index (χ1) is 16.3. The van der Waals surface area contributed by atoms with E-state index in [2.05, 4.69) is 0 Å². The zero-order valence-corrected chi connectivity index (χ0v) is 19.0. The number of ether oxygens (including phenoxy) is 1. The number of fused-ring (bicyclic) bond motifs is 2. The second-order valence-electron chi connectivity index (χ2n) is 9.41. The molecule has 2 aromatic rings. The molecular formula is C26H27N3O5. The van der Waals surface area contributed by atoms with Gasteiger partial charge in [-0.15, -0.1) is 0 Å². The first-order valence-corrected chi connectivity index (χ1v) is 11.6. The number of nitrogens with two attached hydrogens (primary N) is 1. The zero-order chi connectivity index (χ0) is 24.0. The number of primary amides is 1. The van der Waals surface area contributed by atoms with Crippen molar-refractivity contribution in [3.8, 4) is 0 Å². The maximum Gasteiger partial charge on any atom is 0.418 e. The highest BCUT2D eigenvalue weighted by atomic mass is 16.6. The molecule has 3 aliphatic rings. The minimum atomic E-state index is -1.45. The number of aryl methyl sites for hydroxylation is 1. The summed E-state index contributed by atoms with van der Waals surface area (Å²) >= 11 is 0. The highest BCUT2D eigenvalue weighted by Crippen LogP contribution is 2.45. The Morgan fingerprint density at radius 2 is 1.91 bits per heavy atom. The minimum absolute atomic E-state index is 0.00909. The average molecular weight is 462 g/mol. The number of rotatable bonds is 7. The highest BCUT2D eigenvalue weighted by molar-refractivity contribution is 6.06. The van der Waals surface area contributed by atoms with Crippen molar-refractivity contribution in [3.63, 3.8) is 0 Å². The van der Waals surface area contributed by atoms with E-state index in [1.54, 1.807) is 17.0 Å². The Morgan fingerprint density at radius 3 is 2.59 bits per heavy atom. The Morgan fingerprint density at radius 1 is 1.18 bits per heavy atom. The van der Waals surface area contributed by atoms with E-state index in [-0.39, 0.29) is 24.9 Å². The van der Waals surface area contributed by atoms with Crippen molar-refractivity contribution < 1.29 is 23.9 Å². The molecule has 1 saturated heterocycles. The lowest BCUT2D eigenvalue weighted by molar-refractivity contribution is -0.143. The molecule has 8 nitrogen and oxygen atoms in total. The lowest BCUT2D eigenvalue weighted by Crippen LogP contribution is -2.47. The molecule has 0 bridgehead atoms. The van der Waals surface area contributed by atoms with Crippen LogP contribution in [-0.4, -0.2) is 46.2 Å². The Labute approximate surface area is 197 Å². The topological polar surface area (TPSA) is 110 Å². The molecular weight excluding hydrogens is 434 g/mol. The molecule has 1 spiro atoms. The minimum Gasteiger partial charge on any atom is -0.427 e. The van der Waals surface area contributed by atoms with E-state index in [0.717, 1.165) is 28.9 Å². The van der Waals surface area contributed by atoms with Crippen molar-refractivity contribution in [2.45, 2.75) is 50.8 Å². The number of hydrogen-bond acceptors (Lipinski definition) is 5. The van der Waals surface area contributed by atoms with E-state index in [0.29, 0.717) is 30.0 Å².